The van der Waals surface area contributed by atoms with Crippen molar-refractivity contribution in [1.82, 2.24) is 4.90 Å². The molecule has 1 amide bonds. The van der Waals surface area contributed by atoms with Crippen LogP contribution in [0.5, 0.6) is 0 Å². The molecule has 0 aromatic heterocycles. The SMILES string of the molecule is N#Cc1cc(F)ccc1CC1(O)CC2CCCC(C1)N2C(=O)OCc1ccccc1. The van der Waals surface area contributed by atoms with Gasteiger partial charge in [0, 0.05) is 18.5 Å². The molecule has 0 spiro atoms. The number of aliphatic hydroxyl groups is 1. The zero-order chi connectivity index (χ0) is 21.1. The van der Waals surface area contributed by atoms with Gasteiger partial charge in [0.1, 0.15) is 12.4 Å². The molecule has 1 N–H and O–H groups in total. The summed E-state index contributed by atoms with van der Waals surface area (Å²) in [4.78, 5) is 14.6. The summed E-state index contributed by atoms with van der Waals surface area (Å²) < 4.78 is 19.0. The van der Waals surface area contributed by atoms with E-state index in [0.717, 1.165) is 24.8 Å². The minimum atomic E-state index is -1.03. The zero-order valence-corrected chi connectivity index (χ0v) is 16.8. The van der Waals surface area contributed by atoms with Gasteiger partial charge in [0.05, 0.1) is 17.2 Å². The van der Waals surface area contributed by atoms with Crippen molar-refractivity contribution in [3.63, 3.8) is 0 Å². The first kappa shape index (κ1) is 20.4. The monoisotopic (exact) mass is 408 g/mol. The van der Waals surface area contributed by atoms with E-state index < -0.39 is 11.4 Å². The topological polar surface area (TPSA) is 73.6 Å². The number of halogens is 1. The number of fused-ring (bicyclic) bond motifs is 2. The summed E-state index contributed by atoms with van der Waals surface area (Å²) in [6, 6.07) is 15.5. The minimum absolute atomic E-state index is 0.100. The summed E-state index contributed by atoms with van der Waals surface area (Å²) in [7, 11) is 0. The van der Waals surface area contributed by atoms with Crippen molar-refractivity contribution < 1.29 is 19.0 Å². The van der Waals surface area contributed by atoms with Gasteiger partial charge in [0.25, 0.3) is 0 Å². The highest BCUT2D eigenvalue weighted by atomic mass is 19.1. The Bertz CT molecular complexity index is 943. The van der Waals surface area contributed by atoms with Gasteiger partial charge in [-0.15, -0.1) is 0 Å². The molecule has 2 fully saturated rings. The van der Waals surface area contributed by atoms with Crippen LogP contribution in [0.1, 0.15) is 48.8 Å². The highest BCUT2D eigenvalue weighted by molar-refractivity contribution is 5.69. The summed E-state index contributed by atoms with van der Waals surface area (Å²) in [5, 5.41) is 20.7. The molecular formula is C24H25FN2O3. The lowest BCUT2D eigenvalue weighted by Crippen LogP contribution is -2.60. The van der Waals surface area contributed by atoms with Gasteiger partial charge in [-0.05, 0) is 55.4 Å². The van der Waals surface area contributed by atoms with Gasteiger partial charge in [0.2, 0.25) is 0 Å². The van der Waals surface area contributed by atoms with E-state index in [1.54, 1.807) is 11.0 Å². The van der Waals surface area contributed by atoms with E-state index in [1.165, 1.54) is 12.1 Å². The molecular weight excluding hydrogens is 383 g/mol. The zero-order valence-electron chi connectivity index (χ0n) is 16.8. The molecule has 2 atom stereocenters. The number of benzene rings is 2. The fraction of sp³-hybridized carbons (Fsp3) is 0.417. The van der Waals surface area contributed by atoms with Crippen molar-refractivity contribution in [2.75, 3.05) is 0 Å². The van der Waals surface area contributed by atoms with Crippen LogP contribution < -0.4 is 0 Å². The summed E-state index contributed by atoms with van der Waals surface area (Å²) in [5.74, 6) is -0.463. The average molecular weight is 408 g/mol. The molecule has 4 rings (SSSR count). The number of hydrogen-bond acceptors (Lipinski definition) is 4. The first-order valence-electron chi connectivity index (χ1n) is 10.4. The second-order valence-electron chi connectivity index (χ2n) is 8.41. The first-order chi connectivity index (χ1) is 14.5. The first-order valence-corrected chi connectivity index (χ1v) is 10.4. The van der Waals surface area contributed by atoms with Crippen molar-refractivity contribution in [2.45, 2.75) is 62.8 Å². The number of carbonyl (C=O) groups excluding carboxylic acids is 1. The van der Waals surface area contributed by atoms with Crippen LogP contribution >= 0.6 is 0 Å². The van der Waals surface area contributed by atoms with E-state index in [0.29, 0.717) is 18.4 Å². The van der Waals surface area contributed by atoms with Crippen LogP contribution in [0.15, 0.2) is 48.5 Å². The Kier molecular flexibility index (Phi) is 5.74. The van der Waals surface area contributed by atoms with Gasteiger partial charge in [-0.2, -0.15) is 5.26 Å². The summed E-state index contributed by atoms with van der Waals surface area (Å²) in [6.07, 6.45) is 3.42. The molecule has 0 radical (unpaired) electrons. The molecule has 2 unspecified atom stereocenters. The molecule has 5 nitrogen and oxygen atoms in total. The predicted molar refractivity (Wildman–Crippen MR) is 109 cm³/mol. The van der Waals surface area contributed by atoms with Crippen LogP contribution in [0.25, 0.3) is 0 Å². The Balaban J connectivity index is 1.46. The van der Waals surface area contributed by atoms with Gasteiger partial charge >= 0.3 is 6.09 Å². The van der Waals surface area contributed by atoms with Gasteiger partial charge < -0.3 is 14.7 Å². The van der Waals surface area contributed by atoms with Crippen LogP contribution in [0.3, 0.4) is 0 Å². The Hall–Kier alpha value is -2.91. The van der Waals surface area contributed by atoms with E-state index in [1.807, 2.05) is 36.4 Å². The van der Waals surface area contributed by atoms with E-state index in [-0.39, 0.29) is 36.8 Å². The van der Waals surface area contributed by atoms with E-state index in [4.69, 9.17) is 4.74 Å². The van der Waals surface area contributed by atoms with Crippen LogP contribution in [-0.4, -0.2) is 33.8 Å². The second-order valence-corrected chi connectivity index (χ2v) is 8.41. The van der Waals surface area contributed by atoms with Gasteiger partial charge in [-0.25, -0.2) is 9.18 Å². The molecule has 2 aromatic carbocycles. The van der Waals surface area contributed by atoms with E-state index in [9.17, 15) is 19.6 Å². The van der Waals surface area contributed by atoms with Crippen LogP contribution in [0.4, 0.5) is 9.18 Å². The number of nitrogens with zero attached hydrogens (tertiary/aromatic N) is 2. The van der Waals surface area contributed by atoms with Crippen LogP contribution in [0.2, 0.25) is 0 Å². The third-order valence-electron chi connectivity index (χ3n) is 6.22. The Morgan fingerprint density at radius 1 is 1.20 bits per heavy atom. The number of rotatable bonds is 4. The van der Waals surface area contributed by atoms with Gasteiger partial charge in [-0.3, -0.25) is 0 Å². The molecule has 6 heteroatoms. The Morgan fingerprint density at radius 3 is 2.57 bits per heavy atom. The molecule has 2 aliphatic heterocycles. The molecule has 2 saturated heterocycles. The maximum Gasteiger partial charge on any atom is 0.410 e. The molecule has 30 heavy (non-hydrogen) atoms. The second kappa shape index (κ2) is 8.45. The van der Waals surface area contributed by atoms with Crippen molar-refractivity contribution in [3.8, 4) is 6.07 Å². The normalized spacial score (nSPS) is 25.4. The summed E-state index contributed by atoms with van der Waals surface area (Å²) >= 11 is 0. The fourth-order valence-electron chi connectivity index (χ4n) is 4.92. The molecule has 156 valence electrons. The lowest BCUT2D eigenvalue weighted by molar-refractivity contribution is -0.0846. The fourth-order valence-corrected chi connectivity index (χ4v) is 4.92. The molecule has 0 saturated carbocycles. The summed E-state index contributed by atoms with van der Waals surface area (Å²) in [5.41, 5.74) is 0.790. The molecule has 2 aliphatic rings. The lowest BCUT2D eigenvalue weighted by Gasteiger charge is -2.51. The Morgan fingerprint density at radius 2 is 1.90 bits per heavy atom. The minimum Gasteiger partial charge on any atom is -0.445 e. The maximum atomic E-state index is 13.5. The van der Waals surface area contributed by atoms with Gasteiger partial charge in [-0.1, -0.05) is 36.4 Å². The van der Waals surface area contributed by atoms with Crippen molar-refractivity contribution in [1.29, 1.82) is 5.26 Å². The maximum absolute atomic E-state index is 13.5. The highest BCUT2D eigenvalue weighted by Crippen LogP contribution is 2.41. The number of amides is 1. The third kappa shape index (κ3) is 4.31. The third-order valence-corrected chi connectivity index (χ3v) is 6.22. The standard InChI is InChI=1S/C24H25FN2O3/c25-20-10-9-18(19(11-20)15-26)12-24(29)13-21-7-4-8-22(14-24)27(21)23(28)30-16-17-5-2-1-3-6-17/h1-3,5-6,9-11,21-22,29H,4,7-8,12-14,16H2. The predicted octanol–water partition coefficient (Wildman–Crippen LogP) is 4.32. The molecule has 2 bridgehead atoms. The van der Waals surface area contributed by atoms with Crippen LogP contribution in [0, 0.1) is 17.1 Å². The van der Waals surface area contributed by atoms with Crippen molar-refractivity contribution in [2.24, 2.45) is 0 Å². The number of nitriles is 1. The highest BCUT2D eigenvalue weighted by Gasteiger charge is 2.48. The number of ether oxygens (including phenoxy) is 1. The molecule has 2 aromatic rings. The van der Waals surface area contributed by atoms with E-state index >= 15 is 0 Å². The smallest absolute Gasteiger partial charge is 0.410 e. The van der Waals surface area contributed by atoms with Gasteiger partial charge in [0.15, 0.2) is 0 Å². The van der Waals surface area contributed by atoms with E-state index in [2.05, 4.69) is 0 Å². The quantitative estimate of drug-likeness (QED) is 0.817. The summed E-state index contributed by atoms with van der Waals surface area (Å²) in [6.45, 7) is 0.223. The number of hydrogen-bond donors (Lipinski definition) is 1. The Labute approximate surface area is 175 Å². The van der Waals surface area contributed by atoms with Crippen molar-refractivity contribution >= 4 is 6.09 Å². The lowest BCUT2D eigenvalue weighted by atomic mass is 9.73. The van der Waals surface area contributed by atoms with Crippen LogP contribution in [-0.2, 0) is 17.8 Å². The number of piperidine rings is 2. The largest absolute Gasteiger partial charge is 0.445 e. The van der Waals surface area contributed by atoms with Crippen molar-refractivity contribution in [3.05, 3.63) is 71.0 Å². The average Bonchev–Trinajstić information content (AvgIpc) is 2.73. The molecule has 0 aliphatic carbocycles. The molecule has 2 heterocycles. The number of carbonyl (C=O) groups is 1.